The Bertz CT molecular complexity index is 1210. The van der Waals surface area contributed by atoms with Gasteiger partial charge in [0, 0.05) is 0 Å². The summed E-state index contributed by atoms with van der Waals surface area (Å²) in [5.41, 5.74) is 3.56. The second-order valence-electron chi connectivity index (χ2n) is 8.37. The summed E-state index contributed by atoms with van der Waals surface area (Å²) in [6, 6.07) is 35.4. The van der Waals surface area contributed by atoms with Crippen molar-refractivity contribution < 1.29 is 9.59 Å². The van der Waals surface area contributed by atoms with Crippen LogP contribution in [0, 0.1) is 0 Å². The second-order valence-corrected chi connectivity index (χ2v) is 14.5. The molecule has 0 radical (unpaired) electrons. The Morgan fingerprint density at radius 2 is 0.861 bits per heavy atom. The van der Waals surface area contributed by atoms with Gasteiger partial charge in [0.2, 0.25) is 0 Å². The molecule has 0 saturated heterocycles. The number of rotatable bonds is 9. The molecule has 2 amide bonds. The Kier molecular flexibility index (Phi) is 9.16. The third kappa shape index (κ3) is 6.75. The van der Waals surface area contributed by atoms with Gasteiger partial charge in [-0.2, -0.15) is 0 Å². The van der Waals surface area contributed by atoms with Crippen molar-refractivity contribution in [1.82, 2.24) is 10.6 Å². The van der Waals surface area contributed by atoms with E-state index in [2.05, 4.69) is 10.6 Å². The van der Waals surface area contributed by atoms with Crippen LogP contribution in [0.5, 0.6) is 0 Å². The minimum absolute atomic E-state index is 0.0400. The zero-order chi connectivity index (χ0) is 25.3. The molecule has 0 bridgehead atoms. The fourth-order valence-corrected chi connectivity index (χ4v) is 10.9. The molecule has 4 aromatic rings. The van der Waals surface area contributed by atoms with Gasteiger partial charge in [-0.15, -0.1) is 0 Å². The monoisotopic (exact) mass is 608 g/mol. The van der Waals surface area contributed by atoms with Gasteiger partial charge in [0.25, 0.3) is 0 Å². The fourth-order valence-electron chi connectivity index (χ4n) is 3.74. The molecule has 0 heterocycles. The first-order valence-corrected chi connectivity index (χ1v) is 17.8. The van der Waals surface area contributed by atoms with Crippen LogP contribution >= 0.6 is 0 Å². The van der Waals surface area contributed by atoms with Crippen molar-refractivity contribution in [2.45, 2.75) is 25.9 Å². The van der Waals surface area contributed by atoms with Gasteiger partial charge in [-0.25, -0.2) is 0 Å². The van der Waals surface area contributed by atoms with Gasteiger partial charge < -0.3 is 0 Å². The van der Waals surface area contributed by atoms with Gasteiger partial charge in [-0.05, 0) is 0 Å². The molecule has 0 unspecified atom stereocenters. The molecule has 182 valence electrons. The summed E-state index contributed by atoms with van der Waals surface area (Å²) in [7, 11) is 0. The van der Waals surface area contributed by atoms with Crippen molar-refractivity contribution >= 4 is 47.0 Å². The van der Waals surface area contributed by atoms with Gasteiger partial charge in [0.15, 0.2) is 0 Å². The molecule has 0 aliphatic carbocycles. The van der Waals surface area contributed by atoms with Crippen LogP contribution < -0.4 is 19.6 Å². The second kappa shape index (κ2) is 12.7. The molecule has 0 spiro atoms. The molecule has 2 N–H and O–H groups in total. The Morgan fingerprint density at radius 1 is 0.528 bits per heavy atom. The predicted molar refractivity (Wildman–Crippen MR) is 148 cm³/mol. The van der Waals surface area contributed by atoms with Crippen molar-refractivity contribution in [1.29, 1.82) is 0 Å². The number of hydrogen-bond acceptors (Lipinski definition) is 2. The van der Waals surface area contributed by atoms with Crippen molar-refractivity contribution in [3.05, 3.63) is 131 Å². The molecule has 36 heavy (non-hydrogen) atoms. The Hall–Kier alpha value is -3.14. The van der Waals surface area contributed by atoms with E-state index < -0.39 is 0 Å². The van der Waals surface area contributed by atoms with Crippen LogP contribution in [0.4, 0.5) is 0 Å². The first-order chi connectivity index (χ1) is 17.5. The Balaban J connectivity index is 1.45. The zero-order valence-electron chi connectivity index (χ0n) is 20.2. The Labute approximate surface area is 223 Å². The van der Waals surface area contributed by atoms with Gasteiger partial charge in [-0.3, -0.25) is 0 Å². The minimum atomic E-state index is -0.0826. The quantitative estimate of drug-likeness (QED) is 0.284. The number of amides is 2. The van der Waals surface area contributed by atoms with E-state index in [0.29, 0.717) is 11.1 Å². The van der Waals surface area contributed by atoms with E-state index in [4.69, 9.17) is 0 Å². The molecule has 0 fully saturated rings. The summed E-state index contributed by atoms with van der Waals surface area (Å²) in [5, 5.41) is 6.26. The number of carbonyl (C=O) groups is 2. The molecule has 0 aliphatic rings. The summed E-state index contributed by atoms with van der Waals surface area (Å²) in [6.07, 6.45) is 0. The molecule has 4 aromatic carbocycles. The van der Waals surface area contributed by atoms with Crippen LogP contribution in [0.1, 0.15) is 57.8 Å². The third-order valence-electron chi connectivity index (χ3n) is 5.78. The van der Waals surface area contributed by atoms with Crippen LogP contribution in [0.15, 0.2) is 109 Å². The average molecular weight is 606 g/mol. The first kappa shape index (κ1) is 25.9. The predicted octanol–water partition coefficient (Wildman–Crippen LogP) is 3.94. The SMILES string of the molecule is C[C@@H](NC(=O)c1ccccc1[Se][Se]c1ccccc1C(=O)N[C@H](C)c1ccccc1)c1ccccc1. The fraction of sp³-hybridized carbons (Fsp3) is 0.133. The summed E-state index contributed by atoms with van der Waals surface area (Å²) in [6.45, 7) is 3.99. The van der Waals surface area contributed by atoms with Crippen LogP contribution in [0.2, 0.25) is 0 Å². The first-order valence-electron chi connectivity index (χ1n) is 11.8. The average Bonchev–Trinajstić information content (AvgIpc) is 2.93. The number of hydrogen-bond donors (Lipinski definition) is 2. The van der Waals surface area contributed by atoms with Gasteiger partial charge in [0.05, 0.1) is 0 Å². The summed E-state index contributed by atoms with van der Waals surface area (Å²) < 4.78 is 2.10. The zero-order valence-corrected chi connectivity index (χ0v) is 23.6. The van der Waals surface area contributed by atoms with Gasteiger partial charge >= 0.3 is 225 Å². The van der Waals surface area contributed by atoms with E-state index >= 15 is 0 Å². The van der Waals surface area contributed by atoms with Gasteiger partial charge in [-0.1, -0.05) is 0 Å². The Morgan fingerprint density at radius 3 is 1.25 bits per heavy atom. The summed E-state index contributed by atoms with van der Waals surface area (Å²) in [4.78, 5) is 26.3. The van der Waals surface area contributed by atoms with E-state index in [-0.39, 0.29) is 50.2 Å². The van der Waals surface area contributed by atoms with E-state index in [9.17, 15) is 9.59 Å². The molecule has 0 aromatic heterocycles. The van der Waals surface area contributed by atoms with E-state index in [1.165, 1.54) is 0 Å². The summed E-state index contributed by atoms with van der Waals surface area (Å²) >= 11 is 0.0801. The number of nitrogens with one attached hydrogen (secondary N) is 2. The topological polar surface area (TPSA) is 58.2 Å². The van der Waals surface area contributed by atoms with Gasteiger partial charge in [0.1, 0.15) is 0 Å². The molecular weight excluding hydrogens is 578 g/mol. The molecule has 0 saturated carbocycles. The van der Waals surface area contributed by atoms with Crippen LogP contribution in [0.25, 0.3) is 0 Å². The van der Waals surface area contributed by atoms with Crippen molar-refractivity contribution in [3.63, 3.8) is 0 Å². The normalized spacial score (nSPS) is 12.4. The van der Waals surface area contributed by atoms with Crippen LogP contribution in [-0.4, -0.2) is 38.1 Å². The van der Waals surface area contributed by atoms with Crippen molar-refractivity contribution in [2.75, 3.05) is 0 Å². The maximum atomic E-state index is 13.1. The maximum absolute atomic E-state index is 13.1. The van der Waals surface area contributed by atoms with Crippen LogP contribution in [0.3, 0.4) is 0 Å². The van der Waals surface area contributed by atoms with E-state index in [1.807, 2.05) is 123 Å². The molecular formula is C30H28N2O2Se2. The molecule has 6 heteroatoms. The third-order valence-corrected chi connectivity index (χ3v) is 13.0. The molecule has 0 aliphatic heterocycles. The van der Waals surface area contributed by atoms with Crippen molar-refractivity contribution in [2.24, 2.45) is 0 Å². The summed E-state index contributed by atoms with van der Waals surface area (Å²) in [5.74, 6) is -0.135. The van der Waals surface area contributed by atoms with Crippen LogP contribution in [-0.2, 0) is 0 Å². The van der Waals surface area contributed by atoms with E-state index in [0.717, 1.165) is 20.1 Å². The number of benzene rings is 4. The molecule has 4 rings (SSSR count). The standard InChI is InChI=1S/C30H28N2O2Se2/c1-21(23-13-5-3-6-14-23)31-29(33)25-17-9-11-19-27(25)35-36-28-20-12-10-18-26(28)30(34)32-22(2)24-15-7-4-8-16-24/h3-22H,1-2H3,(H,31,33)(H,32,34)/t21-,22-/m1/s1. The van der Waals surface area contributed by atoms with Crippen molar-refractivity contribution in [3.8, 4) is 0 Å². The molecule has 2 atom stereocenters. The van der Waals surface area contributed by atoms with E-state index in [1.54, 1.807) is 0 Å². The number of carbonyl (C=O) groups excluding carboxylic acids is 2. The molecule has 4 nitrogen and oxygen atoms in total.